The molecule has 0 bridgehead atoms. The third-order valence-electron chi connectivity index (χ3n) is 3.63. The number of hydrogen-bond donors (Lipinski definition) is 1. The van der Waals surface area contributed by atoms with Gasteiger partial charge in [0.25, 0.3) is 0 Å². The molecule has 1 aromatic heterocycles. The molecule has 2 rings (SSSR count). The van der Waals surface area contributed by atoms with Crippen LogP contribution in [0.15, 0.2) is 24.5 Å². The molecule has 0 aliphatic heterocycles. The molecule has 0 saturated heterocycles. The number of ether oxygens (including phenoxy) is 1. The van der Waals surface area contributed by atoms with Gasteiger partial charge in [0.1, 0.15) is 23.7 Å². The Balaban J connectivity index is 2.22. The van der Waals surface area contributed by atoms with Gasteiger partial charge in [0.2, 0.25) is 0 Å². The summed E-state index contributed by atoms with van der Waals surface area (Å²) in [6, 6.07) is 5.68. The first-order valence-electron chi connectivity index (χ1n) is 7.69. The van der Waals surface area contributed by atoms with Crippen LogP contribution in [0.1, 0.15) is 25.3 Å². The number of rotatable bonds is 7. The van der Waals surface area contributed by atoms with Gasteiger partial charge in [-0.2, -0.15) is 0 Å². The highest BCUT2D eigenvalue weighted by Crippen LogP contribution is 2.32. The van der Waals surface area contributed by atoms with Crippen molar-refractivity contribution in [3.05, 3.63) is 35.1 Å². The summed E-state index contributed by atoms with van der Waals surface area (Å²) in [5.41, 5.74) is 1.81. The van der Waals surface area contributed by atoms with Crippen molar-refractivity contribution in [1.29, 1.82) is 0 Å². The van der Waals surface area contributed by atoms with Gasteiger partial charge in [0.05, 0.1) is 12.8 Å². The summed E-state index contributed by atoms with van der Waals surface area (Å²) in [4.78, 5) is 10.7. The zero-order valence-electron chi connectivity index (χ0n) is 14.1. The summed E-state index contributed by atoms with van der Waals surface area (Å²) in [7, 11) is 3.66. The standard InChI is InChI=1S/C17H23ClN4O/c1-5-6-7-22(3)17-10-16(19-11-20-17)21-14-8-12(2)13(18)9-15(14)23-4/h8-11H,5-7H2,1-4H3,(H,19,20,21). The Hall–Kier alpha value is -2.01. The van der Waals surface area contributed by atoms with Gasteiger partial charge < -0.3 is 15.0 Å². The fraction of sp³-hybridized carbons (Fsp3) is 0.412. The molecule has 0 radical (unpaired) electrons. The summed E-state index contributed by atoms with van der Waals surface area (Å²) in [6.07, 6.45) is 3.85. The number of nitrogens with zero attached hydrogens (tertiary/aromatic N) is 3. The van der Waals surface area contributed by atoms with Crippen LogP contribution in [0.2, 0.25) is 5.02 Å². The highest BCUT2D eigenvalue weighted by atomic mass is 35.5. The fourth-order valence-corrected chi connectivity index (χ4v) is 2.36. The number of benzene rings is 1. The Morgan fingerprint density at radius 1 is 1.26 bits per heavy atom. The van der Waals surface area contributed by atoms with E-state index in [9.17, 15) is 0 Å². The lowest BCUT2D eigenvalue weighted by molar-refractivity contribution is 0.416. The molecular formula is C17H23ClN4O. The van der Waals surface area contributed by atoms with Gasteiger partial charge in [-0.15, -0.1) is 0 Å². The monoisotopic (exact) mass is 334 g/mol. The SMILES string of the molecule is CCCCN(C)c1cc(Nc2cc(C)c(Cl)cc2OC)ncn1. The number of halogens is 1. The first-order valence-corrected chi connectivity index (χ1v) is 8.07. The lowest BCUT2D eigenvalue weighted by atomic mass is 10.2. The second-order valence-electron chi connectivity index (χ2n) is 5.46. The second-order valence-corrected chi connectivity index (χ2v) is 5.87. The van der Waals surface area contributed by atoms with E-state index in [0.717, 1.165) is 42.3 Å². The molecule has 5 nitrogen and oxygen atoms in total. The Labute approximate surface area is 142 Å². The maximum atomic E-state index is 6.14. The summed E-state index contributed by atoms with van der Waals surface area (Å²) in [6.45, 7) is 5.10. The van der Waals surface area contributed by atoms with Crippen LogP contribution >= 0.6 is 11.6 Å². The van der Waals surface area contributed by atoms with E-state index < -0.39 is 0 Å². The molecule has 0 aliphatic rings. The third kappa shape index (κ3) is 4.48. The number of unbranched alkanes of at least 4 members (excludes halogenated alkanes) is 1. The van der Waals surface area contributed by atoms with Crippen LogP contribution in [0.4, 0.5) is 17.3 Å². The van der Waals surface area contributed by atoms with Gasteiger partial charge in [-0.05, 0) is 25.0 Å². The van der Waals surface area contributed by atoms with Crippen molar-refractivity contribution < 1.29 is 4.74 Å². The molecule has 2 aromatic rings. The van der Waals surface area contributed by atoms with E-state index >= 15 is 0 Å². The van der Waals surface area contributed by atoms with Gasteiger partial charge in [-0.3, -0.25) is 0 Å². The molecule has 1 N–H and O–H groups in total. The summed E-state index contributed by atoms with van der Waals surface area (Å²) < 4.78 is 5.38. The molecule has 0 spiro atoms. The minimum absolute atomic E-state index is 0.676. The maximum Gasteiger partial charge on any atom is 0.143 e. The quantitative estimate of drug-likeness (QED) is 0.811. The predicted molar refractivity (Wildman–Crippen MR) is 96.2 cm³/mol. The van der Waals surface area contributed by atoms with E-state index in [1.807, 2.05) is 26.1 Å². The number of methoxy groups -OCH3 is 1. The van der Waals surface area contributed by atoms with Gasteiger partial charge in [-0.25, -0.2) is 9.97 Å². The maximum absolute atomic E-state index is 6.14. The van der Waals surface area contributed by atoms with E-state index in [1.54, 1.807) is 19.5 Å². The molecule has 1 aromatic carbocycles. The molecule has 0 aliphatic carbocycles. The van der Waals surface area contributed by atoms with Crippen molar-refractivity contribution in [2.75, 3.05) is 30.9 Å². The normalized spacial score (nSPS) is 10.5. The number of nitrogens with one attached hydrogen (secondary N) is 1. The number of aryl methyl sites for hydroxylation is 1. The first-order chi connectivity index (χ1) is 11.0. The van der Waals surface area contributed by atoms with Crippen LogP contribution in [0.5, 0.6) is 5.75 Å². The van der Waals surface area contributed by atoms with Crippen LogP contribution in [0.3, 0.4) is 0 Å². The zero-order valence-corrected chi connectivity index (χ0v) is 14.8. The smallest absolute Gasteiger partial charge is 0.143 e. The Morgan fingerprint density at radius 2 is 2.04 bits per heavy atom. The number of hydrogen-bond acceptors (Lipinski definition) is 5. The molecule has 1 heterocycles. The van der Waals surface area contributed by atoms with E-state index in [4.69, 9.17) is 16.3 Å². The van der Waals surface area contributed by atoms with Crippen molar-refractivity contribution in [3.8, 4) is 5.75 Å². The van der Waals surface area contributed by atoms with E-state index in [0.29, 0.717) is 10.8 Å². The molecule has 124 valence electrons. The van der Waals surface area contributed by atoms with Crippen molar-refractivity contribution in [2.45, 2.75) is 26.7 Å². The number of aromatic nitrogens is 2. The summed E-state index contributed by atoms with van der Waals surface area (Å²) >= 11 is 6.14. The topological polar surface area (TPSA) is 50.3 Å². The van der Waals surface area contributed by atoms with Gasteiger partial charge in [-0.1, -0.05) is 24.9 Å². The lowest BCUT2D eigenvalue weighted by Gasteiger charge is -2.18. The van der Waals surface area contributed by atoms with Crippen molar-refractivity contribution >= 4 is 28.9 Å². The third-order valence-corrected chi connectivity index (χ3v) is 4.04. The lowest BCUT2D eigenvalue weighted by Crippen LogP contribution is -2.19. The van der Waals surface area contributed by atoms with Crippen LogP contribution < -0.4 is 15.0 Å². The van der Waals surface area contributed by atoms with Gasteiger partial charge >= 0.3 is 0 Å². The molecule has 0 amide bonds. The fourth-order valence-electron chi connectivity index (χ4n) is 2.20. The van der Waals surface area contributed by atoms with Gasteiger partial charge in [0, 0.05) is 30.7 Å². The summed E-state index contributed by atoms with van der Waals surface area (Å²) in [5.74, 6) is 2.29. The predicted octanol–water partition coefficient (Wildman–Crippen LogP) is 4.43. The molecule has 0 fully saturated rings. The Kier molecular flexibility index (Phi) is 6.04. The number of anilines is 3. The molecule has 23 heavy (non-hydrogen) atoms. The van der Waals surface area contributed by atoms with Crippen molar-refractivity contribution in [2.24, 2.45) is 0 Å². The van der Waals surface area contributed by atoms with E-state index in [1.165, 1.54) is 0 Å². The van der Waals surface area contributed by atoms with Gasteiger partial charge in [0.15, 0.2) is 0 Å². The highest BCUT2D eigenvalue weighted by Gasteiger charge is 2.09. The second kappa shape index (κ2) is 8.02. The van der Waals surface area contributed by atoms with Crippen LogP contribution in [-0.4, -0.2) is 30.7 Å². The first kappa shape index (κ1) is 17.3. The highest BCUT2D eigenvalue weighted by molar-refractivity contribution is 6.31. The zero-order chi connectivity index (χ0) is 16.8. The van der Waals surface area contributed by atoms with Crippen LogP contribution in [0.25, 0.3) is 0 Å². The van der Waals surface area contributed by atoms with Crippen molar-refractivity contribution in [3.63, 3.8) is 0 Å². The Morgan fingerprint density at radius 3 is 2.74 bits per heavy atom. The van der Waals surface area contributed by atoms with Crippen LogP contribution in [0, 0.1) is 6.92 Å². The molecule has 6 heteroatoms. The largest absolute Gasteiger partial charge is 0.495 e. The molecule has 0 atom stereocenters. The average molecular weight is 335 g/mol. The van der Waals surface area contributed by atoms with Crippen molar-refractivity contribution in [1.82, 2.24) is 9.97 Å². The van der Waals surface area contributed by atoms with E-state index in [2.05, 4.69) is 27.1 Å². The Bertz CT molecular complexity index is 663. The average Bonchev–Trinajstić information content (AvgIpc) is 2.56. The molecule has 0 saturated carbocycles. The molecular weight excluding hydrogens is 312 g/mol. The molecule has 0 unspecified atom stereocenters. The summed E-state index contributed by atoms with van der Waals surface area (Å²) in [5, 5.41) is 3.96. The minimum atomic E-state index is 0.676. The van der Waals surface area contributed by atoms with E-state index in [-0.39, 0.29) is 0 Å². The van der Waals surface area contributed by atoms with Crippen LogP contribution in [-0.2, 0) is 0 Å². The minimum Gasteiger partial charge on any atom is -0.495 e.